The van der Waals surface area contributed by atoms with E-state index in [9.17, 15) is 9.59 Å². The summed E-state index contributed by atoms with van der Waals surface area (Å²) in [4.78, 5) is 31.1. The fourth-order valence-electron chi connectivity index (χ4n) is 3.44. The van der Waals surface area contributed by atoms with Crippen LogP contribution < -0.4 is 5.32 Å². The number of pyridine rings is 1. The molecule has 0 bridgehead atoms. The summed E-state index contributed by atoms with van der Waals surface area (Å²) >= 11 is 0. The molecule has 2 fully saturated rings. The van der Waals surface area contributed by atoms with E-state index in [1.807, 2.05) is 36.9 Å². The number of aromatic nitrogens is 1. The van der Waals surface area contributed by atoms with Gasteiger partial charge < -0.3 is 15.0 Å². The lowest BCUT2D eigenvalue weighted by atomic mass is 10.0. The van der Waals surface area contributed by atoms with Gasteiger partial charge in [-0.3, -0.25) is 14.6 Å². The Labute approximate surface area is 136 Å². The molecule has 1 aromatic rings. The Morgan fingerprint density at radius 3 is 2.96 bits per heavy atom. The molecule has 1 N–H and O–H groups in total. The SMILES string of the molecule is CC(C)NC(=O)C1CN(C(=O)Cc2ccccn2)C2CCOC12. The van der Waals surface area contributed by atoms with Crippen LogP contribution in [0.1, 0.15) is 26.0 Å². The number of nitrogens with one attached hydrogen (secondary N) is 1. The molecule has 3 unspecified atom stereocenters. The van der Waals surface area contributed by atoms with Gasteiger partial charge in [-0.25, -0.2) is 0 Å². The molecule has 124 valence electrons. The summed E-state index contributed by atoms with van der Waals surface area (Å²) in [5.41, 5.74) is 0.753. The number of likely N-dealkylation sites (tertiary alicyclic amines) is 1. The third-order valence-corrected chi connectivity index (χ3v) is 4.44. The molecule has 0 aromatic carbocycles. The van der Waals surface area contributed by atoms with Crippen LogP contribution >= 0.6 is 0 Å². The summed E-state index contributed by atoms with van der Waals surface area (Å²) in [7, 11) is 0. The standard InChI is InChI=1S/C17H23N3O3/c1-11(2)19-17(22)13-10-20(14-6-8-23-16(13)14)15(21)9-12-5-3-4-7-18-12/h3-5,7,11,13-14,16H,6,8-10H2,1-2H3,(H,19,22). The molecule has 2 aliphatic heterocycles. The number of rotatable bonds is 4. The van der Waals surface area contributed by atoms with Gasteiger partial charge in [0.2, 0.25) is 11.8 Å². The van der Waals surface area contributed by atoms with Crippen molar-refractivity contribution < 1.29 is 14.3 Å². The predicted octanol–water partition coefficient (Wildman–Crippen LogP) is 0.765. The third-order valence-electron chi connectivity index (χ3n) is 4.44. The monoisotopic (exact) mass is 317 g/mol. The van der Waals surface area contributed by atoms with Crippen LogP contribution in [0.3, 0.4) is 0 Å². The lowest BCUT2D eigenvalue weighted by Crippen LogP contribution is -2.41. The Bertz CT molecular complexity index is 576. The normalized spacial score (nSPS) is 26.4. The van der Waals surface area contributed by atoms with Crippen LogP contribution in [0.25, 0.3) is 0 Å². The highest BCUT2D eigenvalue weighted by molar-refractivity contribution is 5.84. The fraction of sp³-hybridized carbons (Fsp3) is 0.588. The van der Waals surface area contributed by atoms with E-state index in [0.29, 0.717) is 13.2 Å². The number of hydrogen-bond donors (Lipinski definition) is 1. The average Bonchev–Trinajstić information content (AvgIpc) is 3.08. The maximum absolute atomic E-state index is 12.6. The van der Waals surface area contributed by atoms with Crippen molar-refractivity contribution in [3.8, 4) is 0 Å². The molecule has 3 rings (SSSR count). The van der Waals surface area contributed by atoms with Crippen LogP contribution in [0.4, 0.5) is 0 Å². The van der Waals surface area contributed by atoms with E-state index >= 15 is 0 Å². The maximum Gasteiger partial charge on any atom is 0.228 e. The molecule has 0 spiro atoms. The molecule has 2 aliphatic rings. The summed E-state index contributed by atoms with van der Waals surface area (Å²) in [5.74, 6) is -0.285. The first-order chi connectivity index (χ1) is 11.1. The van der Waals surface area contributed by atoms with Crippen molar-refractivity contribution in [1.82, 2.24) is 15.2 Å². The van der Waals surface area contributed by atoms with Crippen LogP contribution in [-0.2, 0) is 20.7 Å². The number of ether oxygens (including phenoxy) is 1. The van der Waals surface area contributed by atoms with Crippen molar-refractivity contribution in [3.05, 3.63) is 30.1 Å². The first-order valence-electron chi connectivity index (χ1n) is 8.17. The van der Waals surface area contributed by atoms with Gasteiger partial charge in [0, 0.05) is 31.1 Å². The minimum Gasteiger partial charge on any atom is -0.375 e. The largest absolute Gasteiger partial charge is 0.375 e. The van der Waals surface area contributed by atoms with Gasteiger partial charge in [0.05, 0.1) is 24.5 Å². The molecule has 2 amide bonds. The second-order valence-electron chi connectivity index (χ2n) is 6.51. The van der Waals surface area contributed by atoms with Crippen molar-refractivity contribution in [3.63, 3.8) is 0 Å². The zero-order valence-corrected chi connectivity index (χ0v) is 13.6. The van der Waals surface area contributed by atoms with Crippen LogP contribution in [0.5, 0.6) is 0 Å². The highest BCUT2D eigenvalue weighted by Gasteiger charge is 2.50. The van der Waals surface area contributed by atoms with Gasteiger partial charge in [-0.05, 0) is 32.4 Å². The molecule has 2 saturated heterocycles. The van der Waals surface area contributed by atoms with Gasteiger partial charge >= 0.3 is 0 Å². The second-order valence-corrected chi connectivity index (χ2v) is 6.51. The first-order valence-corrected chi connectivity index (χ1v) is 8.17. The van der Waals surface area contributed by atoms with Gasteiger partial charge in [-0.15, -0.1) is 0 Å². The Hall–Kier alpha value is -1.95. The third kappa shape index (κ3) is 3.37. The van der Waals surface area contributed by atoms with Gasteiger partial charge in [0.1, 0.15) is 0 Å². The molecule has 3 atom stereocenters. The number of carbonyl (C=O) groups excluding carboxylic acids is 2. The molecule has 0 radical (unpaired) electrons. The van der Waals surface area contributed by atoms with E-state index in [2.05, 4.69) is 10.3 Å². The van der Waals surface area contributed by atoms with Crippen LogP contribution in [0.2, 0.25) is 0 Å². The molecule has 1 aromatic heterocycles. The predicted molar refractivity (Wildman–Crippen MR) is 84.6 cm³/mol. The van der Waals surface area contributed by atoms with Crippen LogP contribution in [0.15, 0.2) is 24.4 Å². The van der Waals surface area contributed by atoms with Crippen LogP contribution in [0, 0.1) is 5.92 Å². The van der Waals surface area contributed by atoms with E-state index in [1.165, 1.54) is 0 Å². The highest BCUT2D eigenvalue weighted by Crippen LogP contribution is 2.34. The van der Waals surface area contributed by atoms with E-state index < -0.39 is 0 Å². The highest BCUT2D eigenvalue weighted by atomic mass is 16.5. The quantitative estimate of drug-likeness (QED) is 0.890. The Balaban J connectivity index is 1.70. The summed E-state index contributed by atoms with van der Waals surface area (Å²) in [6, 6.07) is 5.64. The molecule has 6 nitrogen and oxygen atoms in total. The van der Waals surface area contributed by atoms with Crippen molar-refractivity contribution in [2.75, 3.05) is 13.2 Å². The van der Waals surface area contributed by atoms with E-state index in [-0.39, 0.29) is 42.3 Å². The summed E-state index contributed by atoms with van der Waals surface area (Å²) in [5, 5.41) is 2.94. The molecule has 0 saturated carbocycles. The Kier molecular flexibility index (Phi) is 4.61. The maximum atomic E-state index is 12.6. The summed E-state index contributed by atoms with van der Waals surface area (Å²) in [6.07, 6.45) is 2.57. The lowest BCUT2D eigenvalue weighted by Gasteiger charge is -2.22. The zero-order chi connectivity index (χ0) is 16.4. The van der Waals surface area contributed by atoms with E-state index in [1.54, 1.807) is 6.20 Å². The molecular weight excluding hydrogens is 294 g/mol. The number of hydrogen-bond acceptors (Lipinski definition) is 4. The minimum absolute atomic E-state index is 0.00845. The molecule has 0 aliphatic carbocycles. The summed E-state index contributed by atoms with van der Waals surface area (Å²) in [6.45, 7) is 4.90. The van der Waals surface area contributed by atoms with Gasteiger partial charge in [0.25, 0.3) is 0 Å². The molecular formula is C17H23N3O3. The van der Waals surface area contributed by atoms with Crippen molar-refractivity contribution in [1.29, 1.82) is 0 Å². The van der Waals surface area contributed by atoms with Gasteiger partial charge in [-0.1, -0.05) is 6.07 Å². The zero-order valence-electron chi connectivity index (χ0n) is 13.6. The number of amides is 2. The second kappa shape index (κ2) is 6.66. The average molecular weight is 317 g/mol. The lowest BCUT2D eigenvalue weighted by molar-refractivity contribution is -0.131. The van der Waals surface area contributed by atoms with Crippen LogP contribution in [-0.4, -0.2) is 53.0 Å². The molecule has 6 heteroatoms. The minimum atomic E-state index is -0.280. The number of carbonyl (C=O) groups is 2. The Morgan fingerprint density at radius 2 is 2.26 bits per heavy atom. The van der Waals surface area contributed by atoms with Crippen molar-refractivity contribution in [2.45, 2.75) is 44.9 Å². The number of nitrogens with zero attached hydrogens (tertiary/aromatic N) is 2. The molecule has 23 heavy (non-hydrogen) atoms. The number of fused-ring (bicyclic) bond motifs is 1. The van der Waals surface area contributed by atoms with Gasteiger partial charge in [-0.2, -0.15) is 0 Å². The van der Waals surface area contributed by atoms with E-state index in [0.717, 1.165) is 12.1 Å². The Morgan fingerprint density at radius 1 is 1.43 bits per heavy atom. The smallest absolute Gasteiger partial charge is 0.228 e. The van der Waals surface area contributed by atoms with Gasteiger partial charge in [0.15, 0.2) is 0 Å². The van der Waals surface area contributed by atoms with Crippen molar-refractivity contribution >= 4 is 11.8 Å². The topological polar surface area (TPSA) is 71.5 Å². The van der Waals surface area contributed by atoms with E-state index in [4.69, 9.17) is 4.74 Å². The first kappa shape index (κ1) is 15.9. The van der Waals surface area contributed by atoms with Crippen molar-refractivity contribution in [2.24, 2.45) is 5.92 Å². The summed E-state index contributed by atoms with van der Waals surface area (Å²) < 4.78 is 5.75. The fourth-order valence-corrected chi connectivity index (χ4v) is 3.44. The molecule has 3 heterocycles.